The number of ketones is 2. The maximum absolute atomic E-state index is 11.4. The quantitative estimate of drug-likeness (QED) is 0.487. The van der Waals surface area contributed by atoms with Gasteiger partial charge in [-0.05, 0) is 12.8 Å². The molecule has 6 heteroatoms. The number of hydrogen-bond acceptors (Lipinski definition) is 4. The Labute approximate surface area is 237 Å². The van der Waals surface area contributed by atoms with Crippen molar-refractivity contribution in [1.82, 2.24) is 0 Å². The number of fused-ring (bicyclic) bond motifs is 2. The summed E-state index contributed by atoms with van der Waals surface area (Å²) in [6.07, 6.45) is 4.10. The second-order valence-electron chi connectivity index (χ2n) is 7.00. The van der Waals surface area contributed by atoms with E-state index in [2.05, 4.69) is 12.1 Å². The summed E-state index contributed by atoms with van der Waals surface area (Å²) in [5.41, 5.74) is 2.32. The number of hydrogen-bond donors (Lipinski definition) is 0. The van der Waals surface area contributed by atoms with Crippen molar-refractivity contribution in [3.8, 4) is 11.5 Å². The first kappa shape index (κ1) is 30.6. The molecular weight excluding hydrogens is 542 g/mol. The van der Waals surface area contributed by atoms with E-state index in [9.17, 15) is 9.59 Å². The van der Waals surface area contributed by atoms with Crippen molar-refractivity contribution in [3.63, 3.8) is 0 Å². The van der Waals surface area contributed by atoms with Crippen LogP contribution in [-0.4, -0.2) is 23.8 Å². The van der Waals surface area contributed by atoms with Crippen molar-refractivity contribution in [2.45, 2.75) is 72.0 Å². The average Bonchev–Trinajstić information content (AvgIpc) is 2.77. The zero-order valence-electron chi connectivity index (χ0n) is 17.6. The second kappa shape index (κ2) is 15.4. The average molecular weight is 572 g/mol. The van der Waals surface area contributed by atoms with Crippen molar-refractivity contribution in [2.24, 2.45) is 0 Å². The van der Waals surface area contributed by atoms with E-state index in [0.717, 1.165) is 48.3 Å². The molecule has 0 spiro atoms. The SMILES string of the molecule is C.CCC(=O)[C@@H]1CCc2c[c-]ccc2O1.CCC(=O)[C@H]1CCc2c[c-]ccc2O1.[Y].[Y]. The molecule has 4 rings (SSSR count). The number of aryl methyl sites for hydroxylation is 2. The van der Waals surface area contributed by atoms with Gasteiger partial charge in [0.05, 0.1) is 0 Å². The molecule has 0 bridgehead atoms. The second-order valence-corrected chi connectivity index (χ2v) is 7.00. The normalized spacial score (nSPS) is 17.7. The Balaban J connectivity index is 0.000000529. The summed E-state index contributed by atoms with van der Waals surface area (Å²) in [5.74, 6) is 2.09. The Kier molecular flexibility index (Phi) is 15.2. The molecule has 0 amide bonds. The monoisotopic (exact) mass is 572 g/mol. The maximum Gasteiger partial charge on any atom is 0.172 e. The first-order chi connectivity index (χ1) is 13.6. The van der Waals surface area contributed by atoms with Crippen LogP contribution < -0.4 is 9.47 Å². The van der Waals surface area contributed by atoms with Crippen LogP contribution in [0, 0.1) is 12.1 Å². The van der Waals surface area contributed by atoms with E-state index < -0.39 is 0 Å². The van der Waals surface area contributed by atoms with Crippen molar-refractivity contribution in [3.05, 3.63) is 59.7 Å². The molecule has 2 radical (unpaired) electrons. The molecule has 0 aromatic heterocycles. The summed E-state index contributed by atoms with van der Waals surface area (Å²) in [6, 6.07) is 17.3. The smallest absolute Gasteiger partial charge is 0.172 e. The van der Waals surface area contributed by atoms with E-state index >= 15 is 0 Å². The van der Waals surface area contributed by atoms with Gasteiger partial charge >= 0.3 is 0 Å². The Morgan fingerprint density at radius 1 is 0.839 bits per heavy atom. The van der Waals surface area contributed by atoms with Gasteiger partial charge in [0.1, 0.15) is 0 Å². The third-order valence-corrected chi connectivity index (χ3v) is 5.12. The standard InChI is InChI=1S/2C12H13O2.CH4.2Y/c2*1-2-10(13)12-8-7-9-5-3-4-6-11(9)14-12;;;/h2*4-6,12H,2,7-8H2,1H3;1H4;;/q2*-1;;;/t2*12-;;;/m10.../s1. The van der Waals surface area contributed by atoms with Gasteiger partial charge in [0.2, 0.25) is 0 Å². The van der Waals surface area contributed by atoms with E-state index in [-0.39, 0.29) is 96.6 Å². The van der Waals surface area contributed by atoms with Crippen molar-refractivity contribution in [1.29, 1.82) is 0 Å². The molecule has 0 saturated heterocycles. The van der Waals surface area contributed by atoms with Gasteiger partial charge in [-0.25, -0.2) is 0 Å². The zero-order chi connectivity index (χ0) is 19.9. The van der Waals surface area contributed by atoms with Crippen LogP contribution in [0.3, 0.4) is 0 Å². The van der Waals surface area contributed by atoms with E-state index in [4.69, 9.17) is 9.47 Å². The minimum absolute atomic E-state index is 0. The number of carbonyl (C=O) groups is 2. The molecule has 2 aliphatic heterocycles. The molecular formula is C25H30O4Y2-2. The summed E-state index contributed by atoms with van der Waals surface area (Å²) in [6.45, 7) is 3.75. The van der Waals surface area contributed by atoms with Crippen LogP contribution in [0.15, 0.2) is 36.4 Å². The van der Waals surface area contributed by atoms with Crippen LogP contribution in [0.1, 0.15) is 58.1 Å². The molecule has 0 saturated carbocycles. The van der Waals surface area contributed by atoms with Crippen LogP contribution in [0.4, 0.5) is 0 Å². The van der Waals surface area contributed by atoms with Crippen LogP contribution in [-0.2, 0) is 87.8 Å². The first-order valence-electron chi connectivity index (χ1n) is 9.99. The summed E-state index contributed by atoms with van der Waals surface area (Å²) in [5, 5.41) is 0. The van der Waals surface area contributed by atoms with E-state index in [1.807, 2.05) is 50.2 Å². The third kappa shape index (κ3) is 8.46. The Hall–Kier alpha value is -0.412. The first-order valence-corrected chi connectivity index (χ1v) is 9.99. The van der Waals surface area contributed by atoms with Gasteiger partial charge in [0.15, 0.2) is 23.8 Å². The molecule has 2 aromatic rings. The predicted octanol–water partition coefficient (Wildman–Crippen LogP) is 4.95. The molecule has 2 heterocycles. The summed E-state index contributed by atoms with van der Waals surface area (Å²) in [7, 11) is 0. The van der Waals surface area contributed by atoms with Gasteiger partial charge in [0.25, 0.3) is 0 Å². The fourth-order valence-electron chi connectivity index (χ4n) is 3.43. The van der Waals surface area contributed by atoms with Gasteiger partial charge in [-0.15, -0.1) is 23.3 Å². The predicted molar refractivity (Wildman–Crippen MR) is 113 cm³/mol. The summed E-state index contributed by atoms with van der Waals surface area (Å²) >= 11 is 0. The van der Waals surface area contributed by atoms with E-state index in [1.54, 1.807) is 0 Å². The van der Waals surface area contributed by atoms with Gasteiger partial charge in [0, 0.05) is 89.8 Å². The Morgan fingerprint density at radius 3 is 1.58 bits per heavy atom. The zero-order valence-corrected chi connectivity index (χ0v) is 23.3. The number of benzene rings is 2. The molecule has 162 valence electrons. The number of carbonyl (C=O) groups excluding carboxylic acids is 2. The minimum Gasteiger partial charge on any atom is -0.508 e. The van der Waals surface area contributed by atoms with E-state index in [1.165, 1.54) is 0 Å². The number of ether oxygens (including phenoxy) is 2. The topological polar surface area (TPSA) is 52.6 Å². The third-order valence-electron chi connectivity index (χ3n) is 5.12. The molecule has 31 heavy (non-hydrogen) atoms. The fraction of sp³-hybridized carbons (Fsp3) is 0.440. The van der Waals surface area contributed by atoms with Crippen LogP contribution >= 0.6 is 0 Å². The van der Waals surface area contributed by atoms with Crippen molar-refractivity contribution < 1.29 is 84.5 Å². The molecule has 0 aliphatic carbocycles. The Morgan fingerprint density at radius 2 is 1.23 bits per heavy atom. The minimum atomic E-state index is -0.227. The Bertz CT molecular complexity index is 768. The largest absolute Gasteiger partial charge is 0.508 e. The van der Waals surface area contributed by atoms with Crippen molar-refractivity contribution in [2.75, 3.05) is 0 Å². The molecule has 0 N–H and O–H groups in total. The summed E-state index contributed by atoms with van der Waals surface area (Å²) < 4.78 is 11.2. The van der Waals surface area contributed by atoms with Gasteiger partial charge in [-0.1, -0.05) is 34.1 Å². The number of Topliss-reactive ketones (excluding diaryl/α,β-unsaturated/α-hetero) is 2. The molecule has 0 fully saturated rings. The number of rotatable bonds is 4. The summed E-state index contributed by atoms with van der Waals surface area (Å²) in [4.78, 5) is 22.9. The van der Waals surface area contributed by atoms with Gasteiger partial charge in [-0.3, -0.25) is 9.59 Å². The maximum atomic E-state index is 11.4. The molecule has 4 nitrogen and oxygen atoms in total. The molecule has 2 aliphatic rings. The van der Waals surface area contributed by atoms with E-state index in [0.29, 0.717) is 12.8 Å². The van der Waals surface area contributed by atoms with Crippen LogP contribution in [0.5, 0.6) is 11.5 Å². The van der Waals surface area contributed by atoms with Gasteiger partial charge < -0.3 is 9.47 Å². The molecule has 0 unspecified atom stereocenters. The van der Waals surface area contributed by atoms with Crippen molar-refractivity contribution >= 4 is 11.6 Å². The molecule has 2 aromatic carbocycles. The fourth-order valence-corrected chi connectivity index (χ4v) is 3.43. The van der Waals surface area contributed by atoms with Gasteiger partial charge in [-0.2, -0.15) is 36.4 Å². The molecule has 2 atom stereocenters. The van der Waals surface area contributed by atoms with Crippen LogP contribution in [0.2, 0.25) is 0 Å². The van der Waals surface area contributed by atoms with Crippen LogP contribution in [0.25, 0.3) is 0 Å².